The van der Waals surface area contributed by atoms with Crippen LogP contribution in [-0.2, 0) is 19.1 Å². The Hall–Kier alpha value is -2.15. The molecule has 2 unspecified atom stereocenters. The molecule has 7 heteroatoms. The first kappa shape index (κ1) is 47.8. The van der Waals surface area contributed by atoms with Crippen LogP contribution in [0.15, 0.2) is 24.3 Å². The minimum atomic E-state index is -1.01. The molecule has 1 amide bonds. The Balaban J connectivity index is 4.24. The van der Waals surface area contributed by atoms with E-state index in [1.807, 2.05) is 0 Å². The van der Waals surface area contributed by atoms with Crippen molar-refractivity contribution in [3.05, 3.63) is 24.3 Å². The zero-order valence-corrected chi connectivity index (χ0v) is 32.7. The summed E-state index contributed by atoms with van der Waals surface area (Å²) in [4.78, 5) is 36.2. The summed E-state index contributed by atoms with van der Waals surface area (Å²) in [5, 5.41) is 11.9. The lowest BCUT2D eigenvalue weighted by molar-refractivity contribution is -0.147. The van der Waals surface area contributed by atoms with Crippen LogP contribution in [0, 0.1) is 0 Å². The van der Waals surface area contributed by atoms with Gasteiger partial charge in [-0.25, -0.2) is 4.79 Å². The van der Waals surface area contributed by atoms with Gasteiger partial charge in [0.15, 0.2) is 0 Å². The van der Waals surface area contributed by atoms with Crippen LogP contribution >= 0.6 is 0 Å². The minimum Gasteiger partial charge on any atom is -0.480 e. The predicted molar refractivity (Wildman–Crippen MR) is 211 cm³/mol. The molecule has 0 fully saturated rings. The number of carboxylic acid groups (broad SMARTS) is 1. The first-order valence-electron chi connectivity index (χ1n) is 21.2. The zero-order valence-electron chi connectivity index (χ0n) is 32.7. The van der Waals surface area contributed by atoms with Gasteiger partial charge in [0.2, 0.25) is 5.91 Å². The Bertz CT molecular complexity index is 843. The molecule has 0 aliphatic heterocycles. The SMILES string of the molecule is CCCCC/C=C\C/C=C\C(CCCCCCCCC(=O)NC(CCCN)C(=O)O)OC(=O)CCCCCCCCCCCCCCCCC. The molecule has 0 bridgehead atoms. The third kappa shape index (κ3) is 34.3. The molecule has 0 aromatic rings. The average molecular weight is 705 g/mol. The summed E-state index contributed by atoms with van der Waals surface area (Å²) in [5.41, 5.74) is 5.47. The summed E-state index contributed by atoms with van der Waals surface area (Å²) in [5.74, 6) is -1.28. The maximum absolute atomic E-state index is 12.7. The molecule has 7 nitrogen and oxygen atoms in total. The van der Waals surface area contributed by atoms with E-state index in [-0.39, 0.29) is 18.0 Å². The molecule has 0 aliphatic rings. The van der Waals surface area contributed by atoms with Crippen LogP contribution < -0.4 is 11.1 Å². The summed E-state index contributed by atoms with van der Waals surface area (Å²) < 4.78 is 5.93. The molecule has 0 aromatic heterocycles. The van der Waals surface area contributed by atoms with E-state index in [0.29, 0.717) is 32.2 Å². The summed E-state index contributed by atoms with van der Waals surface area (Å²) in [6, 6.07) is -0.854. The zero-order chi connectivity index (χ0) is 36.8. The van der Waals surface area contributed by atoms with Gasteiger partial charge in [0, 0.05) is 12.8 Å². The second-order valence-electron chi connectivity index (χ2n) is 14.4. The molecule has 0 heterocycles. The van der Waals surface area contributed by atoms with Crippen LogP contribution in [0.4, 0.5) is 0 Å². The quantitative estimate of drug-likeness (QED) is 0.0334. The number of hydrogen-bond acceptors (Lipinski definition) is 5. The third-order valence-corrected chi connectivity index (χ3v) is 9.50. The number of unbranched alkanes of at least 4 members (excludes halogenated alkanes) is 22. The Morgan fingerprint density at radius 1 is 0.600 bits per heavy atom. The van der Waals surface area contributed by atoms with Gasteiger partial charge in [-0.15, -0.1) is 0 Å². The van der Waals surface area contributed by atoms with Crippen molar-refractivity contribution in [2.45, 2.75) is 225 Å². The van der Waals surface area contributed by atoms with Gasteiger partial charge >= 0.3 is 11.9 Å². The number of carboxylic acids is 1. The summed E-state index contributed by atoms with van der Waals surface area (Å²) in [6.45, 7) is 4.91. The smallest absolute Gasteiger partial charge is 0.326 e. The van der Waals surface area contributed by atoms with E-state index in [4.69, 9.17) is 10.5 Å². The highest BCUT2D eigenvalue weighted by Crippen LogP contribution is 2.16. The molecule has 0 rings (SSSR count). The first-order chi connectivity index (χ1) is 24.4. The number of nitrogens with one attached hydrogen (secondary N) is 1. The number of allylic oxidation sites excluding steroid dienone is 3. The van der Waals surface area contributed by atoms with Gasteiger partial charge in [0.05, 0.1) is 0 Å². The van der Waals surface area contributed by atoms with Gasteiger partial charge in [0.25, 0.3) is 0 Å². The second kappa shape index (κ2) is 38.1. The highest BCUT2D eigenvalue weighted by Gasteiger charge is 2.18. The predicted octanol–water partition coefficient (Wildman–Crippen LogP) is 11.7. The van der Waals surface area contributed by atoms with Crippen molar-refractivity contribution in [1.29, 1.82) is 0 Å². The van der Waals surface area contributed by atoms with Gasteiger partial charge in [-0.1, -0.05) is 160 Å². The number of carbonyl (C=O) groups excluding carboxylic acids is 2. The molecule has 0 spiro atoms. The van der Waals surface area contributed by atoms with Crippen LogP contribution in [0.5, 0.6) is 0 Å². The molecule has 0 aromatic carbocycles. The normalized spacial score (nSPS) is 12.9. The number of ether oxygens (including phenoxy) is 1. The Morgan fingerprint density at radius 3 is 1.64 bits per heavy atom. The average Bonchev–Trinajstić information content (AvgIpc) is 3.10. The maximum atomic E-state index is 12.7. The van der Waals surface area contributed by atoms with E-state index in [9.17, 15) is 19.5 Å². The lowest BCUT2D eigenvalue weighted by atomic mass is 10.0. The number of rotatable bonds is 38. The molecule has 0 radical (unpaired) electrons. The molecule has 4 N–H and O–H groups in total. The van der Waals surface area contributed by atoms with Gasteiger partial charge in [-0.2, -0.15) is 0 Å². The first-order valence-corrected chi connectivity index (χ1v) is 21.2. The van der Waals surface area contributed by atoms with E-state index in [1.54, 1.807) is 0 Å². The van der Waals surface area contributed by atoms with Crippen LogP contribution in [0.1, 0.15) is 213 Å². The Labute approximate surface area is 308 Å². The molecule has 2 atom stereocenters. The van der Waals surface area contributed by atoms with E-state index in [0.717, 1.165) is 70.6 Å². The third-order valence-electron chi connectivity index (χ3n) is 9.50. The molecule has 292 valence electrons. The fraction of sp³-hybridized carbons (Fsp3) is 0.837. The van der Waals surface area contributed by atoms with Crippen molar-refractivity contribution in [1.82, 2.24) is 5.32 Å². The van der Waals surface area contributed by atoms with Crippen molar-refractivity contribution >= 4 is 17.8 Å². The van der Waals surface area contributed by atoms with Gasteiger partial charge in [0.1, 0.15) is 12.1 Å². The number of hydrogen-bond donors (Lipinski definition) is 3. The molecule has 0 saturated carbocycles. The van der Waals surface area contributed by atoms with E-state index < -0.39 is 12.0 Å². The topological polar surface area (TPSA) is 119 Å². The van der Waals surface area contributed by atoms with Crippen LogP contribution in [0.2, 0.25) is 0 Å². The van der Waals surface area contributed by atoms with E-state index in [1.165, 1.54) is 103 Å². The fourth-order valence-electron chi connectivity index (χ4n) is 6.28. The Morgan fingerprint density at radius 2 is 1.10 bits per heavy atom. The van der Waals surface area contributed by atoms with Crippen molar-refractivity contribution < 1.29 is 24.2 Å². The summed E-state index contributed by atoms with van der Waals surface area (Å²) in [6.07, 6.45) is 42.4. The van der Waals surface area contributed by atoms with Crippen molar-refractivity contribution in [2.75, 3.05) is 6.54 Å². The van der Waals surface area contributed by atoms with Crippen molar-refractivity contribution in [2.24, 2.45) is 5.73 Å². The standard InChI is InChI=1S/C43H80N2O5/c1-3-5-7-9-11-13-14-15-16-17-18-19-21-27-31-37-42(47)50-39(33-28-24-20-12-10-8-6-4-2)34-29-25-22-23-26-30-36-41(46)45-40(43(48)49)35-32-38-44/h12,20,28,33,39-40H,3-11,13-19,21-27,29-32,34-38,44H2,1-2H3,(H,45,46)(H,48,49)/b20-12-,33-28-. The minimum absolute atomic E-state index is 0.0732. The van der Waals surface area contributed by atoms with Gasteiger partial charge in [-0.3, -0.25) is 9.59 Å². The van der Waals surface area contributed by atoms with Crippen molar-refractivity contribution in [3.63, 3.8) is 0 Å². The summed E-state index contributed by atoms with van der Waals surface area (Å²) >= 11 is 0. The maximum Gasteiger partial charge on any atom is 0.326 e. The monoisotopic (exact) mass is 705 g/mol. The van der Waals surface area contributed by atoms with Gasteiger partial charge in [-0.05, 0) is 70.4 Å². The van der Waals surface area contributed by atoms with Crippen LogP contribution in [0.25, 0.3) is 0 Å². The van der Waals surface area contributed by atoms with E-state index >= 15 is 0 Å². The Kier molecular flexibility index (Phi) is 36.5. The molecule has 0 aliphatic carbocycles. The molecule has 50 heavy (non-hydrogen) atoms. The largest absolute Gasteiger partial charge is 0.480 e. The lowest BCUT2D eigenvalue weighted by Gasteiger charge is -2.15. The van der Waals surface area contributed by atoms with E-state index in [2.05, 4.69) is 43.5 Å². The molecular weight excluding hydrogens is 624 g/mol. The number of carbonyl (C=O) groups is 3. The molecule has 0 saturated heterocycles. The van der Waals surface area contributed by atoms with Crippen LogP contribution in [-0.4, -0.2) is 41.6 Å². The second-order valence-corrected chi connectivity index (χ2v) is 14.4. The number of aliphatic carboxylic acids is 1. The van der Waals surface area contributed by atoms with Crippen LogP contribution in [0.3, 0.4) is 0 Å². The molecular formula is C43H80N2O5. The number of nitrogens with two attached hydrogens (primary N) is 1. The fourth-order valence-corrected chi connectivity index (χ4v) is 6.28. The highest BCUT2D eigenvalue weighted by atomic mass is 16.5. The number of amides is 1. The van der Waals surface area contributed by atoms with Crippen molar-refractivity contribution in [3.8, 4) is 0 Å². The highest BCUT2D eigenvalue weighted by molar-refractivity contribution is 5.83. The summed E-state index contributed by atoms with van der Waals surface area (Å²) in [7, 11) is 0. The lowest BCUT2D eigenvalue weighted by Crippen LogP contribution is -2.40. The number of esters is 1. The van der Waals surface area contributed by atoms with Gasteiger partial charge < -0.3 is 20.9 Å².